The van der Waals surface area contributed by atoms with Crippen LogP contribution in [0.5, 0.6) is 0 Å². The van der Waals surface area contributed by atoms with Gasteiger partial charge in [-0.15, -0.1) is 0 Å². The van der Waals surface area contributed by atoms with Crippen molar-refractivity contribution in [3.63, 3.8) is 0 Å². The molecule has 4 heteroatoms. The van der Waals surface area contributed by atoms with Crippen molar-refractivity contribution in [2.24, 2.45) is 0 Å². The highest BCUT2D eigenvalue weighted by atomic mass is 31.0. The van der Waals surface area contributed by atoms with Crippen LogP contribution in [0.25, 0.3) is 22.3 Å². The number of aliphatic hydroxyl groups excluding tert-OH is 1. The zero-order chi connectivity index (χ0) is 24.0. The predicted molar refractivity (Wildman–Crippen MR) is 138 cm³/mol. The molecule has 2 unspecified atom stereocenters. The van der Waals surface area contributed by atoms with Gasteiger partial charge >= 0.3 is 9.12 Å². The molecule has 1 N–H and O–H groups in total. The Hall–Kier alpha value is -3.39. The van der Waals surface area contributed by atoms with Crippen molar-refractivity contribution in [2.75, 3.05) is 0 Å². The van der Waals surface area contributed by atoms with Crippen molar-refractivity contribution in [3.8, 4) is 22.3 Å². The minimum atomic E-state index is -1.20. The maximum Gasteiger partial charge on any atom is 0.310 e. The lowest BCUT2D eigenvalue weighted by atomic mass is 9.80. The second-order valence-electron chi connectivity index (χ2n) is 7.91. The van der Waals surface area contributed by atoms with Crippen molar-refractivity contribution in [3.05, 3.63) is 119 Å². The summed E-state index contributed by atoms with van der Waals surface area (Å²) in [7, 11) is 1.17. The van der Waals surface area contributed by atoms with Gasteiger partial charge in [-0.25, -0.2) is 0 Å². The maximum atomic E-state index is 13.6. The minimum absolute atomic E-state index is 0.268. The first-order valence-electron chi connectivity index (χ1n) is 10.8. The maximum absolute atomic E-state index is 13.6. The summed E-state index contributed by atoms with van der Waals surface area (Å²) in [6.45, 7) is 6.09. The standard InChI is InChI=1S/C29H26O2.H2OP/c1-19-25(22-13-7-4-8-14-22)20(2)27(21(3)26(19)23-15-9-5-10-16-23)29(31)28(30)24-17-11-6-12-18-24;1-2/h4-18,28,30H,1-3H3;2H2/q;+1. The second-order valence-corrected chi connectivity index (χ2v) is 7.91. The quantitative estimate of drug-likeness (QED) is 0.259. The molecule has 0 bridgehead atoms. The lowest BCUT2D eigenvalue weighted by Crippen LogP contribution is -2.17. The predicted octanol–water partition coefficient (Wildman–Crippen LogP) is 7.07. The lowest BCUT2D eigenvalue weighted by molar-refractivity contribution is 0.0746. The number of aliphatic hydroxyl groups is 1. The smallest absolute Gasteiger partial charge is 0.310 e. The highest BCUT2D eigenvalue weighted by Crippen LogP contribution is 2.40. The van der Waals surface area contributed by atoms with Crippen LogP contribution < -0.4 is 0 Å². The number of benzene rings is 4. The second kappa shape index (κ2) is 11.0. The normalized spacial score (nSPS) is 11.3. The van der Waals surface area contributed by atoms with Gasteiger partial charge in [-0.2, -0.15) is 0 Å². The molecule has 0 amide bonds. The summed E-state index contributed by atoms with van der Waals surface area (Å²) in [5.74, 6) is -0.268. The molecule has 4 aromatic carbocycles. The first-order chi connectivity index (χ1) is 16.0. The largest absolute Gasteiger partial charge is 0.380 e. The van der Waals surface area contributed by atoms with Gasteiger partial charge in [-0.3, -0.25) is 4.79 Å². The van der Waals surface area contributed by atoms with Crippen LogP contribution in [-0.2, 0) is 4.57 Å². The zero-order valence-corrected chi connectivity index (χ0v) is 20.2. The van der Waals surface area contributed by atoms with Crippen molar-refractivity contribution in [2.45, 2.75) is 26.9 Å². The van der Waals surface area contributed by atoms with Gasteiger partial charge in [0.25, 0.3) is 0 Å². The van der Waals surface area contributed by atoms with Crippen molar-refractivity contribution in [1.29, 1.82) is 0 Å². The molecule has 33 heavy (non-hydrogen) atoms. The van der Waals surface area contributed by atoms with E-state index in [2.05, 4.69) is 31.2 Å². The summed E-state index contributed by atoms with van der Waals surface area (Å²) in [4.78, 5) is 13.6. The third kappa shape index (κ3) is 4.85. The summed E-state index contributed by atoms with van der Waals surface area (Å²) >= 11 is 0. The van der Waals surface area contributed by atoms with Gasteiger partial charge < -0.3 is 5.11 Å². The number of rotatable bonds is 5. The molecule has 0 aromatic heterocycles. The van der Waals surface area contributed by atoms with Gasteiger partial charge in [0.2, 0.25) is 0 Å². The van der Waals surface area contributed by atoms with Crippen molar-refractivity contribution in [1.82, 2.24) is 0 Å². The van der Waals surface area contributed by atoms with E-state index in [0.717, 1.165) is 38.9 Å². The minimum Gasteiger partial charge on any atom is -0.380 e. The fourth-order valence-electron chi connectivity index (χ4n) is 4.59. The van der Waals surface area contributed by atoms with E-state index in [1.807, 2.05) is 68.4 Å². The monoisotopic (exact) mass is 455 g/mol. The van der Waals surface area contributed by atoms with Gasteiger partial charge in [0.05, 0.1) is 0 Å². The number of ketones is 1. The molecule has 0 saturated heterocycles. The number of Topliss-reactive ketones (excluding diaryl/α,β-unsaturated/α-hetero) is 1. The first kappa shape index (κ1) is 24.3. The van der Waals surface area contributed by atoms with E-state index in [4.69, 9.17) is 4.57 Å². The molecule has 2 atom stereocenters. The summed E-state index contributed by atoms with van der Waals surface area (Å²) in [5, 5.41) is 10.9. The molecular formula is C29H28O3P+. The Morgan fingerprint density at radius 2 is 1.00 bits per heavy atom. The van der Waals surface area contributed by atoms with Gasteiger partial charge in [-0.1, -0.05) is 95.6 Å². The Kier molecular flexibility index (Phi) is 8.06. The summed E-state index contributed by atoms with van der Waals surface area (Å²) in [6, 6.07) is 29.4. The summed E-state index contributed by atoms with van der Waals surface area (Å²) in [6.07, 6.45) is -1.20. The molecule has 0 spiro atoms. The van der Waals surface area contributed by atoms with E-state index in [0.29, 0.717) is 11.1 Å². The molecule has 0 aliphatic heterocycles. The van der Waals surface area contributed by atoms with Gasteiger partial charge in [0.15, 0.2) is 5.78 Å². The molecule has 0 aliphatic carbocycles. The average molecular weight is 456 g/mol. The van der Waals surface area contributed by atoms with E-state index in [1.165, 1.54) is 9.12 Å². The van der Waals surface area contributed by atoms with Crippen molar-refractivity contribution >= 4 is 14.9 Å². The Labute approximate surface area is 197 Å². The molecular weight excluding hydrogens is 427 g/mol. The first-order valence-corrected chi connectivity index (χ1v) is 11.2. The third-order valence-electron chi connectivity index (χ3n) is 5.98. The van der Waals surface area contributed by atoms with Crippen LogP contribution in [0, 0.1) is 20.8 Å². The number of carbonyl (C=O) groups excluding carboxylic acids is 1. The van der Waals surface area contributed by atoms with Crippen LogP contribution >= 0.6 is 9.12 Å². The Morgan fingerprint density at radius 3 is 1.39 bits per heavy atom. The Bertz CT molecular complexity index is 1170. The van der Waals surface area contributed by atoms with Crippen LogP contribution in [0.1, 0.15) is 38.7 Å². The highest BCUT2D eigenvalue weighted by Gasteiger charge is 2.27. The Balaban J connectivity index is 0.00000149. The molecule has 4 rings (SSSR count). The SMILES string of the molecule is Cc1c(C(=O)C(O)c2ccccc2)c(C)c(-c2ccccc2)c(C)c1-c1ccccc1.O=[PH2+]. The van der Waals surface area contributed by atoms with E-state index >= 15 is 0 Å². The van der Waals surface area contributed by atoms with Crippen LogP contribution in [0.2, 0.25) is 0 Å². The summed E-state index contributed by atoms with van der Waals surface area (Å²) in [5.41, 5.74) is 8.38. The Morgan fingerprint density at radius 1 is 0.636 bits per heavy atom. The molecule has 0 fully saturated rings. The van der Waals surface area contributed by atoms with Crippen LogP contribution in [0.15, 0.2) is 91.0 Å². The summed E-state index contributed by atoms with van der Waals surface area (Å²) < 4.78 is 8.17. The highest BCUT2D eigenvalue weighted by molar-refractivity contribution is 7.00. The lowest BCUT2D eigenvalue weighted by Gasteiger charge is -2.23. The number of carbonyl (C=O) groups is 1. The van der Waals surface area contributed by atoms with Gasteiger partial charge in [-0.05, 0) is 65.3 Å². The fraction of sp³-hybridized carbons (Fsp3) is 0.138. The van der Waals surface area contributed by atoms with E-state index in [-0.39, 0.29) is 5.78 Å². The average Bonchev–Trinajstić information content (AvgIpc) is 2.86. The fourth-order valence-corrected chi connectivity index (χ4v) is 4.59. The molecule has 4 aromatic rings. The molecule has 0 aliphatic rings. The van der Waals surface area contributed by atoms with E-state index in [1.54, 1.807) is 12.1 Å². The topological polar surface area (TPSA) is 54.4 Å². The third-order valence-corrected chi connectivity index (χ3v) is 5.98. The molecule has 3 nitrogen and oxygen atoms in total. The van der Waals surface area contributed by atoms with E-state index in [9.17, 15) is 9.90 Å². The van der Waals surface area contributed by atoms with Gasteiger partial charge in [0.1, 0.15) is 6.10 Å². The molecule has 0 radical (unpaired) electrons. The van der Waals surface area contributed by atoms with Crippen molar-refractivity contribution < 1.29 is 14.5 Å². The van der Waals surface area contributed by atoms with Crippen LogP contribution in [0.3, 0.4) is 0 Å². The number of hydrogen-bond acceptors (Lipinski definition) is 3. The zero-order valence-electron chi connectivity index (χ0n) is 19.1. The van der Waals surface area contributed by atoms with Gasteiger partial charge in [0, 0.05) is 5.56 Å². The number of hydrogen-bond donors (Lipinski definition) is 1. The van der Waals surface area contributed by atoms with Crippen LogP contribution in [0.4, 0.5) is 0 Å². The van der Waals surface area contributed by atoms with E-state index < -0.39 is 6.10 Å². The van der Waals surface area contributed by atoms with Crippen LogP contribution in [-0.4, -0.2) is 10.9 Å². The molecule has 0 saturated carbocycles. The molecule has 166 valence electrons. The molecule has 0 heterocycles.